The normalized spacial score (nSPS) is 29.6. The summed E-state index contributed by atoms with van der Waals surface area (Å²) in [5.41, 5.74) is 14.9. The number of aromatic nitrogens is 2. The maximum Gasteiger partial charge on any atom is 0.182 e. The van der Waals surface area contributed by atoms with Crippen molar-refractivity contribution < 1.29 is 4.42 Å². The maximum atomic E-state index is 6.15. The van der Waals surface area contributed by atoms with Gasteiger partial charge in [0, 0.05) is 27.7 Å². The van der Waals surface area contributed by atoms with E-state index in [0.29, 0.717) is 5.41 Å². The van der Waals surface area contributed by atoms with Crippen molar-refractivity contribution >= 4 is 11.1 Å². The third-order valence-electron chi connectivity index (χ3n) is 13.1. The molecule has 2 heterocycles. The molecule has 13 rings (SSSR count). The Labute approximate surface area is 273 Å². The van der Waals surface area contributed by atoms with E-state index in [0.717, 1.165) is 103 Å². The molecule has 7 aromatic rings. The smallest absolute Gasteiger partial charge is 0.182 e. The van der Waals surface area contributed by atoms with Crippen molar-refractivity contribution in [2.24, 2.45) is 41.4 Å². The van der Waals surface area contributed by atoms with Crippen LogP contribution >= 0.6 is 0 Å². The zero-order chi connectivity index (χ0) is 30.4. The van der Waals surface area contributed by atoms with Crippen LogP contribution in [0.25, 0.3) is 67.0 Å². The Morgan fingerprint density at radius 3 is 1.72 bits per heavy atom. The molecule has 0 radical (unpaired) electrons. The highest BCUT2D eigenvalue weighted by atomic mass is 16.3. The van der Waals surface area contributed by atoms with E-state index in [9.17, 15) is 0 Å². The Morgan fingerprint density at radius 1 is 0.468 bits per heavy atom. The summed E-state index contributed by atoms with van der Waals surface area (Å²) in [6, 6.07) is 47.9. The molecule has 3 heteroatoms. The molecule has 6 aliphatic carbocycles. The van der Waals surface area contributed by atoms with E-state index >= 15 is 0 Å². The van der Waals surface area contributed by atoms with Crippen molar-refractivity contribution in [3.8, 4) is 55.9 Å². The van der Waals surface area contributed by atoms with E-state index in [1.807, 2.05) is 12.1 Å². The Hall–Kier alpha value is -5.28. The summed E-state index contributed by atoms with van der Waals surface area (Å²) in [5.74, 6) is 7.37. The predicted molar refractivity (Wildman–Crippen MR) is 185 cm³/mol. The van der Waals surface area contributed by atoms with Crippen molar-refractivity contribution in [2.45, 2.75) is 5.41 Å². The number of oxazole rings is 1. The van der Waals surface area contributed by atoms with Gasteiger partial charge in [-0.15, -0.1) is 0 Å². The first-order valence-electron chi connectivity index (χ1n) is 17.0. The second-order valence-electron chi connectivity index (χ2n) is 14.5. The first-order chi connectivity index (χ1) is 23.3. The van der Waals surface area contributed by atoms with Crippen molar-refractivity contribution in [2.75, 3.05) is 0 Å². The van der Waals surface area contributed by atoms with Crippen LogP contribution in [-0.4, -0.2) is 9.97 Å². The number of hydrogen-bond acceptors (Lipinski definition) is 3. The Morgan fingerprint density at radius 2 is 1.04 bits per heavy atom. The van der Waals surface area contributed by atoms with E-state index in [1.54, 1.807) is 12.0 Å². The monoisotopic (exact) mass is 602 g/mol. The van der Waals surface area contributed by atoms with Crippen LogP contribution in [0.15, 0.2) is 144 Å². The van der Waals surface area contributed by atoms with Gasteiger partial charge in [0.15, 0.2) is 12.0 Å². The van der Waals surface area contributed by atoms with Gasteiger partial charge in [0.1, 0.15) is 5.52 Å². The van der Waals surface area contributed by atoms with Gasteiger partial charge in [-0.05, 0) is 93.5 Å². The molecule has 6 aliphatic rings. The fourth-order valence-corrected chi connectivity index (χ4v) is 11.5. The minimum atomic E-state index is 0.530. The second-order valence-corrected chi connectivity index (χ2v) is 14.5. The summed E-state index contributed by atoms with van der Waals surface area (Å²) in [5, 5.41) is 0. The van der Waals surface area contributed by atoms with Crippen molar-refractivity contribution in [1.82, 2.24) is 9.97 Å². The molecule has 5 aromatic carbocycles. The van der Waals surface area contributed by atoms with Gasteiger partial charge in [-0.1, -0.05) is 109 Å². The van der Waals surface area contributed by atoms with Gasteiger partial charge in [-0.2, -0.15) is 0 Å². The van der Waals surface area contributed by atoms with Crippen molar-refractivity contribution in [3.63, 3.8) is 0 Å². The molecule has 6 fully saturated rings. The lowest BCUT2D eigenvalue weighted by atomic mass is 8.96. The third kappa shape index (κ3) is 2.88. The molecule has 0 unspecified atom stereocenters. The first-order valence-corrected chi connectivity index (χ1v) is 17.0. The zero-order valence-electron chi connectivity index (χ0n) is 25.6. The minimum Gasteiger partial charge on any atom is -0.443 e. The van der Waals surface area contributed by atoms with Crippen molar-refractivity contribution in [3.05, 3.63) is 145 Å². The van der Waals surface area contributed by atoms with Crippen molar-refractivity contribution in [1.29, 1.82) is 0 Å². The Balaban J connectivity index is 0.938. The summed E-state index contributed by atoms with van der Waals surface area (Å²) in [7, 11) is 0. The van der Waals surface area contributed by atoms with Gasteiger partial charge in [0.25, 0.3) is 0 Å². The summed E-state index contributed by atoms with van der Waals surface area (Å²) in [6.45, 7) is 0. The molecule has 0 amide bonds. The standard InChI is InChI=1S/C44H30N2O/c1-3-9-24(10-4-1)33-21-29(22-34(46-33)25-11-5-2-6-12-25)26-13-7-14-27(19-26)32-18-17-31(42-43(32)47-23-45-42)28-15-8-16-30(20-28)44-39-36-35-37(39)41(44)38(35)40(36)44/h1-23,35-41H. The number of nitrogens with zero attached hydrogens (tertiary/aromatic N) is 2. The van der Waals surface area contributed by atoms with Gasteiger partial charge in [-0.3, -0.25) is 0 Å². The summed E-state index contributed by atoms with van der Waals surface area (Å²) >= 11 is 0. The molecule has 6 saturated carbocycles. The van der Waals surface area contributed by atoms with Crippen LogP contribution in [0, 0.1) is 41.4 Å². The average molecular weight is 603 g/mol. The molecule has 0 saturated heterocycles. The van der Waals surface area contributed by atoms with Crippen LogP contribution in [-0.2, 0) is 5.41 Å². The molecule has 0 aliphatic heterocycles. The van der Waals surface area contributed by atoms with Crippen LogP contribution in [0.1, 0.15) is 5.56 Å². The molecule has 3 nitrogen and oxygen atoms in total. The van der Waals surface area contributed by atoms with Crippen LogP contribution in [0.2, 0.25) is 0 Å². The number of benzene rings is 5. The highest BCUT2D eigenvalue weighted by Gasteiger charge is 3.04. The highest BCUT2D eigenvalue weighted by Crippen LogP contribution is 3.05. The van der Waals surface area contributed by atoms with E-state index in [1.165, 1.54) is 5.56 Å². The first kappa shape index (κ1) is 24.9. The van der Waals surface area contributed by atoms with E-state index in [-0.39, 0.29) is 0 Å². The number of pyridine rings is 1. The summed E-state index contributed by atoms with van der Waals surface area (Å²) in [6.07, 6.45) is 1.60. The summed E-state index contributed by atoms with van der Waals surface area (Å²) in [4.78, 5) is 9.86. The van der Waals surface area contributed by atoms with Crippen LogP contribution in [0.3, 0.4) is 0 Å². The molecular weight excluding hydrogens is 572 g/mol. The lowest BCUT2D eigenvalue weighted by Crippen LogP contribution is -3.06. The Bertz CT molecular complexity index is 2320. The quantitative estimate of drug-likeness (QED) is 0.190. The zero-order valence-corrected chi connectivity index (χ0v) is 25.6. The minimum absolute atomic E-state index is 0.530. The summed E-state index contributed by atoms with van der Waals surface area (Å²) < 4.78 is 6.15. The van der Waals surface area contributed by atoms with Gasteiger partial charge in [0.2, 0.25) is 0 Å². The van der Waals surface area contributed by atoms with E-state index < -0.39 is 0 Å². The fraction of sp³-hybridized carbons (Fsp3) is 0.182. The van der Waals surface area contributed by atoms with E-state index in [4.69, 9.17) is 14.4 Å². The van der Waals surface area contributed by atoms with Gasteiger partial charge in [-0.25, -0.2) is 9.97 Å². The van der Waals surface area contributed by atoms with E-state index in [2.05, 4.69) is 121 Å². The van der Waals surface area contributed by atoms with Crippen LogP contribution in [0.5, 0.6) is 0 Å². The molecule has 0 N–H and O–H groups in total. The highest BCUT2D eigenvalue weighted by molar-refractivity contribution is 6.00. The SMILES string of the molecule is c1ccc(-c2cc(-c3cccc(-c4ccc(-c5cccc(C67C8C9C%10C8C6C%10C97)c5)c5ncoc45)c3)cc(-c3ccccc3)n2)cc1. The average Bonchev–Trinajstić information content (AvgIpc) is 3.66. The Kier molecular flexibility index (Phi) is 4.52. The molecule has 0 bridgehead atoms. The number of fused-ring (bicyclic) bond motifs is 1. The molecule has 0 spiro atoms. The largest absolute Gasteiger partial charge is 0.443 e. The molecule has 222 valence electrons. The van der Waals surface area contributed by atoms with Crippen LogP contribution in [0.4, 0.5) is 0 Å². The molecule has 0 atom stereocenters. The van der Waals surface area contributed by atoms with Gasteiger partial charge < -0.3 is 4.42 Å². The molecule has 2 aromatic heterocycles. The third-order valence-corrected chi connectivity index (χ3v) is 13.1. The maximum absolute atomic E-state index is 6.15. The van der Waals surface area contributed by atoms with Crippen LogP contribution < -0.4 is 0 Å². The lowest BCUT2D eigenvalue weighted by Gasteiger charge is -3.08. The number of rotatable bonds is 6. The van der Waals surface area contributed by atoms with Gasteiger partial charge in [0.05, 0.1) is 11.4 Å². The lowest BCUT2D eigenvalue weighted by molar-refractivity contribution is -0.581. The molecular formula is C44H30N2O. The fourth-order valence-electron chi connectivity index (χ4n) is 11.5. The number of hydrogen-bond donors (Lipinski definition) is 0. The van der Waals surface area contributed by atoms with Gasteiger partial charge >= 0.3 is 0 Å². The molecule has 47 heavy (non-hydrogen) atoms. The second kappa shape index (κ2) is 8.54. The predicted octanol–water partition coefficient (Wildman–Crippen LogP) is 10.2. The topological polar surface area (TPSA) is 38.9 Å².